The normalized spacial score (nSPS) is 10.6. The van der Waals surface area contributed by atoms with Crippen molar-refractivity contribution in [2.75, 3.05) is 6.54 Å². The third kappa shape index (κ3) is 2.71. The summed E-state index contributed by atoms with van der Waals surface area (Å²) in [6, 6.07) is 0. The first-order valence-electron chi connectivity index (χ1n) is 4.04. The quantitative estimate of drug-likeness (QED) is 0.438. The Labute approximate surface area is 68.4 Å². The molecule has 0 aliphatic carbocycles. The third-order valence-corrected chi connectivity index (χ3v) is 2.38. The first-order valence-corrected chi connectivity index (χ1v) is 4.04. The molecule has 0 unspecified atom stereocenters. The van der Waals surface area contributed by atoms with Crippen LogP contribution >= 0.6 is 0 Å². The van der Waals surface area contributed by atoms with Crippen molar-refractivity contribution >= 4 is 6.29 Å². The van der Waals surface area contributed by atoms with Crippen molar-refractivity contribution in [1.82, 2.24) is 0 Å². The zero-order valence-electron chi connectivity index (χ0n) is 7.26. The molecular weight excluding hydrogens is 138 g/mol. The van der Waals surface area contributed by atoms with Gasteiger partial charge in [0.1, 0.15) is 6.29 Å². The highest BCUT2D eigenvalue weighted by Gasteiger charge is 2.25. The minimum Gasteiger partial charge on any atom is -0.317 e. The van der Waals surface area contributed by atoms with Gasteiger partial charge in [-0.05, 0) is 12.8 Å². The number of rotatable bonds is 5. The summed E-state index contributed by atoms with van der Waals surface area (Å²) in [5.74, 6) is 0. The minimum absolute atomic E-state index is 0.218. The van der Waals surface area contributed by atoms with Crippen LogP contribution in [0.15, 0.2) is 0 Å². The molecule has 0 spiro atoms. The van der Waals surface area contributed by atoms with E-state index in [4.69, 9.17) is 6.57 Å². The van der Waals surface area contributed by atoms with Gasteiger partial charge in [-0.2, -0.15) is 0 Å². The number of nitrogens with zero attached hydrogens (tertiary/aromatic N) is 1. The first kappa shape index (κ1) is 10.2. The molecule has 62 valence electrons. The van der Waals surface area contributed by atoms with Crippen LogP contribution in [0.25, 0.3) is 4.85 Å². The largest absolute Gasteiger partial charge is 0.317 e. The lowest BCUT2D eigenvalue weighted by molar-refractivity contribution is -0.116. The van der Waals surface area contributed by atoms with Gasteiger partial charge in [0.05, 0.1) is 0 Å². The van der Waals surface area contributed by atoms with Gasteiger partial charge < -0.3 is 9.64 Å². The number of hydrogen-bond acceptors (Lipinski definition) is 1. The Morgan fingerprint density at radius 2 is 2.00 bits per heavy atom. The molecule has 0 saturated heterocycles. The zero-order chi connectivity index (χ0) is 8.74. The Morgan fingerprint density at radius 1 is 1.45 bits per heavy atom. The number of carbonyl (C=O) groups is 1. The molecule has 0 saturated carbocycles. The van der Waals surface area contributed by atoms with Gasteiger partial charge in [-0.1, -0.05) is 13.8 Å². The summed E-state index contributed by atoms with van der Waals surface area (Å²) in [5, 5.41) is 0. The molecule has 2 nitrogen and oxygen atoms in total. The maximum absolute atomic E-state index is 10.7. The van der Waals surface area contributed by atoms with Crippen LogP contribution in [0.4, 0.5) is 0 Å². The van der Waals surface area contributed by atoms with E-state index in [1.54, 1.807) is 0 Å². The SMILES string of the molecule is [C-]#[N+]CCC(C=O)(CC)CC. The fraction of sp³-hybridized carbons (Fsp3) is 0.778. The van der Waals surface area contributed by atoms with Crippen LogP contribution < -0.4 is 0 Å². The van der Waals surface area contributed by atoms with Crippen molar-refractivity contribution in [3.05, 3.63) is 11.4 Å². The van der Waals surface area contributed by atoms with Crippen molar-refractivity contribution in [2.24, 2.45) is 5.41 Å². The second-order valence-corrected chi connectivity index (χ2v) is 2.82. The fourth-order valence-electron chi connectivity index (χ4n) is 1.11. The van der Waals surface area contributed by atoms with Crippen molar-refractivity contribution in [2.45, 2.75) is 33.1 Å². The van der Waals surface area contributed by atoms with Crippen molar-refractivity contribution < 1.29 is 4.79 Å². The summed E-state index contributed by atoms with van der Waals surface area (Å²) in [6.45, 7) is 11.1. The molecule has 0 radical (unpaired) electrons. The van der Waals surface area contributed by atoms with Gasteiger partial charge in [-0.15, -0.1) is 0 Å². The predicted molar refractivity (Wildman–Crippen MR) is 45.2 cm³/mol. The van der Waals surface area contributed by atoms with E-state index in [9.17, 15) is 4.79 Å². The first-order chi connectivity index (χ1) is 5.24. The second kappa shape index (κ2) is 4.90. The summed E-state index contributed by atoms with van der Waals surface area (Å²) in [6.07, 6.45) is 3.43. The monoisotopic (exact) mass is 153 g/mol. The second-order valence-electron chi connectivity index (χ2n) is 2.82. The summed E-state index contributed by atoms with van der Waals surface area (Å²) >= 11 is 0. The molecular formula is C9H15NO. The average molecular weight is 153 g/mol. The zero-order valence-corrected chi connectivity index (χ0v) is 7.26. The molecule has 0 aliphatic heterocycles. The molecule has 0 rings (SSSR count). The Balaban J connectivity index is 4.07. The van der Waals surface area contributed by atoms with E-state index >= 15 is 0 Å². The summed E-state index contributed by atoms with van der Waals surface area (Å²) in [5.41, 5.74) is -0.218. The lowest BCUT2D eigenvalue weighted by Crippen LogP contribution is -2.21. The highest BCUT2D eigenvalue weighted by atomic mass is 16.1. The number of hydrogen-bond donors (Lipinski definition) is 0. The lowest BCUT2D eigenvalue weighted by Gasteiger charge is -2.21. The van der Waals surface area contributed by atoms with Gasteiger partial charge in [0, 0.05) is 11.8 Å². The summed E-state index contributed by atoms with van der Waals surface area (Å²) in [7, 11) is 0. The van der Waals surface area contributed by atoms with Crippen LogP contribution in [0.3, 0.4) is 0 Å². The molecule has 0 fully saturated rings. The van der Waals surface area contributed by atoms with E-state index in [1.807, 2.05) is 13.8 Å². The van der Waals surface area contributed by atoms with E-state index < -0.39 is 0 Å². The van der Waals surface area contributed by atoms with E-state index in [-0.39, 0.29) is 5.41 Å². The van der Waals surface area contributed by atoms with Gasteiger partial charge in [-0.25, -0.2) is 6.57 Å². The molecule has 0 amide bonds. The molecule has 2 heteroatoms. The van der Waals surface area contributed by atoms with Crippen LogP contribution in [0, 0.1) is 12.0 Å². The van der Waals surface area contributed by atoms with Gasteiger partial charge in [0.2, 0.25) is 6.54 Å². The van der Waals surface area contributed by atoms with E-state index in [1.165, 1.54) is 0 Å². The van der Waals surface area contributed by atoms with Crippen LogP contribution in [0.1, 0.15) is 33.1 Å². The molecule has 0 atom stereocenters. The van der Waals surface area contributed by atoms with Gasteiger partial charge in [0.15, 0.2) is 0 Å². The van der Waals surface area contributed by atoms with E-state index in [0.717, 1.165) is 19.1 Å². The Hall–Kier alpha value is -0.840. The molecule has 0 aliphatic rings. The predicted octanol–water partition coefficient (Wildman–Crippen LogP) is 2.30. The standard InChI is InChI=1S/C9H15NO/c1-4-9(5-2,8-11)6-7-10-3/h8H,4-7H2,1-2H3. The Morgan fingerprint density at radius 3 is 2.27 bits per heavy atom. The maximum Gasteiger partial charge on any atom is 0.215 e. The van der Waals surface area contributed by atoms with Gasteiger partial charge in [-0.3, -0.25) is 0 Å². The summed E-state index contributed by atoms with van der Waals surface area (Å²) in [4.78, 5) is 13.9. The fourth-order valence-corrected chi connectivity index (χ4v) is 1.11. The topological polar surface area (TPSA) is 21.4 Å². The highest BCUT2D eigenvalue weighted by Crippen LogP contribution is 2.27. The van der Waals surface area contributed by atoms with E-state index in [2.05, 4.69) is 4.85 Å². The molecule has 0 N–H and O–H groups in total. The molecule has 0 heterocycles. The van der Waals surface area contributed by atoms with Crippen molar-refractivity contribution in [1.29, 1.82) is 0 Å². The van der Waals surface area contributed by atoms with Crippen LogP contribution in [0.2, 0.25) is 0 Å². The lowest BCUT2D eigenvalue weighted by atomic mass is 9.81. The smallest absolute Gasteiger partial charge is 0.215 e. The van der Waals surface area contributed by atoms with Gasteiger partial charge >= 0.3 is 0 Å². The maximum atomic E-state index is 10.7. The van der Waals surface area contributed by atoms with Gasteiger partial charge in [0.25, 0.3) is 0 Å². The minimum atomic E-state index is -0.218. The highest BCUT2D eigenvalue weighted by molar-refractivity contribution is 5.59. The molecule has 11 heavy (non-hydrogen) atoms. The summed E-state index contributed by atoms with van der Waals surface area (Å²) < 4.78 is 0. The number of aldehydes is 1. The molecule has 0 aromatic rings. The van der Waals surface area contributed by atoms with Crippen LogP contribution in [-0.2, 0) is 4.79 Å². The van der Waals surface area contributed by atoms with Crippen molar-refractivity contribution in [3.8, 4) is 0 Å². The Bertz CT molecular complexity index is 153. The third-order valence-electron chi connectivity index (χ3n) is 2.38. The van der Waals surface area contributed by atoms with Crippen LogP contribution in [0.5, 0.6) is 0 Å². The Kier molecular flexibility index (Phi) is 4.52. The molecule has 0 aromatic heterocycles. The molecule has 0 bridgehead atoms. The van der Waals surface area contributed by atoms with E-state index in [0.29, 0.717) is 13.0 Å². The average Bonchev–Trinajstić information content (AvgIpc) is 2.08. The van der Waals surface area contributed by atoms with Crippen molar-refractivity contribution in [3.63, 3.8) is 0 Å². The van der Waals surface area contributed by atoms with Crippen LogP contribution in [-0.4, -0.2) is 12.8 Å². The molecule has 0 aromatic carbocycles. The number of carbonyl (C=O) groups excluding carboxylic acids is 1.